The van der Waals surface area contributed by atoms with E-state index in [2.05, 4.69) is 18.7 Å². The van der Waals surface area contributed by atoms with Gasteiger partial charge >= 0.3 is 0 Å². The van der Waals surface area contributed by atoms with Crippen molar-refractivity contribution < 1.29 is 24.1 Å². The third-order valence-electron chi connectivity index (χ3n) is 6.88. The summed E-state index contributed by atoms with van der Waals surface area (Å²) in [5, 5.41) is 19.6. The van der Waals surface area contributed by atoms with Crippen molar-refractivity contribution in [3.63, 3.8) is 0 Å². The highest BCUT2D eigenvalue weighted by atomic mass is 32.2. The van der Waals surface area contributed by atoms with Crippen LogP contribution in [0.5, 0.6) is 23.0 Å². The summed E-state index contributed by atoms with van der Waals surface area (Å²) in [5.74, 6) is 0.212. The molecule has 0 amide bonds. The number of phenols is 2. The lowest BCUT2D eigenvalue weighted by Crippen LogP contribution is -2.39. The quantitative estimate of drug-likeness (QED) is 0.410. The molecule has 184 valence electrons. The standard InChI is InChI=1S/C28H30FNO4S/c1-17-5-4-14-30(17)18(2)16-33-22-10-8-19(9-11-22)26-27(20-6-3-7-21(31)15-20)35-28-24(34-26)13-12-23(32)25(28)29/h3,6-13,15,17-18,26-27,31-32H,4-5,14,16H2,1-2H3/t17-,18+,26+,27-/m1/s1. The number of benzene rings is 3. The van der Waals surface area contributed by atoms with E-state index in [1.807, 2.05) is 30.3 Å². The average molecular weight is 496 g/mol. The van der Waals surface area contributed by atoms with Gasteiger partial charge < -0.3 is 19.7 Å². The van der Waals surface area contributed by atoms with Crippen LogP contribution in [0.4, 0.5) is 4.39 Å². The first kappa shape index (κ1) is 23.8. The van der Waals surface area contributed by atoms with Crippen LogP contribution in [0.1, 0.15) is 49.2 Å². The molecule has 0 spiro atoms. The van der Waals surface area contributed by atoms with E-state index < -0.39 is 17.7 Å². The highest BCUT2D eigenvalue weighted by molar-refractivity contribution is 7.99. The normalized spacial score (nSPS) is 22.9. The number of rotatable bonds is 6. The minimum Gasteiger partial charge on any atom is -0.508 e. The van der Waals surface area contributed by atoms with Crippen LogP contribution in [0.2, 0.25) is 0 Å². The minimum atomic E-state index is -0.693. The van der Waals surface area contributed by atoms with Crippen molar-refractivity contribution in [2.45, 2.75) is 55.0 Å². The van der Waals surface area contributed by atoms with Crippen molar-refractivity contribution in [3.05, 3.63) is 77.6 Å². The largest absolute Gasteiger partial charge is 0.508 e. The third kappa shape index (κ3) is 4.93. The Morgan fingerprint density at radius 2 is 1.91 bits per heavy atom. The first-order valence-electron chi connectivity index (χ1n) is 12.0. The van der Waals surface area contributed by atoms with E-state index in [4.69, 9.17) is 9.47 Å². The van der Waals surface area contributed by atoms with E-state index in [1.54, 1.807) is 24.3 Å². The Labute approximate surface area is 209 Å². The van der Waals surface area contributed by atoms with Crippen LogP contribution < -0.4 is 9.47 Å². The molecule has 0 unspecified atom stereocenters. The van der Waals surface area contributed by atoms with Crippen LogP contribution in [0.3, 0.4) is 0 Å². The second kappa shape index (κ2) is 9.99. The number of thioether (sulfide) groups is 1. The number of phenolic OH excluding ortho intramolecular Hbond substituents is 2. The maximum absolute atomic E-state index is 14.7. The highest BCUT2D eigenvalue weighted by Gasteiger charge is 2.36. The third-order valence-corrected chi connectivity index (χ3v) is 8.27. The lowest BCUT2D eigenvalue weighted by atomic mass is 9.99. The fourth-order valence-corrected chi connectivity index (χ4v) is 6.30. The van der Waals surface area contributed by atoms with E-state index >= 15 is 0 Å². The molecule has 0 aliphatic carbocycles. The molecule has 1 saturated heterocycles. The number of hydrogen-bond donors (Lipinski definition) is 2. The number of nitrogens with zero attached hydrogens (tertiary/aromatic N) is 1. The molecule has 5 nitrogen and oxygen atoms in total. The van der Waals surface area contributed by atoms with E-state index in [0.717, 1.165) is 23.4 Å². The predicted octanol–water partition coefficient (Wildman–Crippen LogP) is 6.46. The highest BCUT2D eigenvalue weighted by Crippen LogP contribution is 2.55. The zero-order valence-electron chi connectivity index (χ0n) is 19.9. The van der Waals surface area contributed by atoms with Gasteiger partial charge in [0.15, 0.2) is 11.6 Å². The Kier molecular flexibility index (Phi) is 6.80. The van der Waals surface area contributed by atoms with Gasteiger partial charge in [0.25, 0.3) is 0 Å². The Morgan fingerprint density at radius 3 is 2.63 bits per heavy atom. The Balaban J connectivity index is 1.37. The van der Waals surface area contributed by atoms with E-state index in [0.29, 0.717) is 24.4 Å². The van der Waals surface area contributed by atoms with Crippen LogP contribution >= 0.6 is 11.8 Å². The van der Waals surface area contributed by atoms with Crippen molar-refractivity contribution in [2.24, 2.45) is 0 Å². The van der Waals surface area contributed by atoms with Gasteiger partial charge in [-0.15, -0.1) is 11.8 Å². The molecular formula is C28H30FNO4S. The van der Waals surface area contributed by atoms with Crippen molar-refractivity contribution in [3.8, 4) is 23.0 Å². The molecule has 0 aromatic heterocycles. The summed E-state index contributed by atoms with van der Waals surface area (Å²) in [4.78, 5) is 2.76. The Hall–Kier alpha value is -2.90. The maximum Gasteiger partial charge on any atom is 0.182 e. The molecule has 1 fully saturated rings. The minimum absolute atomic E-state index is 0.134. The summed E-state index contributed by atoms with van der Waals surface area (Å²) in [6.07, 6.45) is 2.06. The number of likely N-dealkylation sites (tertiary alicyclic amines) is 1. The molecule has 3 aromatic carbocycles. The average Bonchev–Trinajstić information content (AvgIpc) is 3.30. The predicted molar refractivity (Wildman–Crippen MR) is 135 cm³/mol. The monoisotopic (exact) mass is 495 g/mol. The number of halogens is 1. The van der Waals surface area contributed by atoms with Crippen LogP contribution in [-0.4, -0.2) is 40.3 Å². The molecule has 35 heavy (non-hydrogen) atoms. The van der Waals surface area contributed by atoms with Crippen molar-refractivity contribution in [1.29, 1.82) is 0 Å². The van der Waals surface area contributed by atoms with Gasteiger partial charge in [0.2, 0.25) is 0 Å². The zero-order valence-corrected chi connectivity index (χ0v) is 20.7. The molecule has 3 aromatic rings. The smallest absolute Gasteiger partial charge is 0.182 e. The molecule has 0 saturated carbocycles. The molecule has 2 N–H and O–H groups in total. The molecule has 4 atom stereocenters. The Morgan fingerprint density at radius 1 is 1.11 bits per heavy atom. The fourth-order valence-electron chi connectivity index (χ4n) is 4.98. The summed E-state index contributed by atoms with van der Waals surface area (Å²) in [6, 6.07) is 18.6. The molecule has 2 aliphatic heterocycles. The molecule has 5 rings (SSSR count). The summed E-state index contributed by atoms with van der Waals surface area (Å²) in [7, 11) is 0. The summed E-state index contributed by atoms with van der Waals surface area (Å²) in [6.45, 7) is 6.23. The van der Waals surface area contributed by atoms with Gasteiger partial charge in [-0.2, -0.15) is 0 Å². The van der Waals surface area contributed by atoms with Crippen molar-refractivity contribution in [1.82, 2.24) is 4.90 Å². The van der Waals surface area contributed by atoms with E-state index in [9.17, 15) is 14.6 Å². The summed E-state index contributed by atoms with van der Waals surface area (Å²) < 4.78 is 27.1. The van der Waals surface area contributed by atoms with Gasteiger partial charge in [-0.25, -0.2) is 4.39 Å². The van der Waals surface area contributed by atoms with Gasteiger partial charge in [0.05, 0.1) is 10.1 Å². The number of hydrogen-bond acceptors (Lipinski definition) is 6. The lowest BCUT2D eigenvalue weighted by Gasteiger charge is -2.34. The van der Waals surface area contributed by atoms with Crippen molar-refractivity contribution >= 4 is 11.8 Å². The fraction of sp³-hybridized carbons (Fsp3) is 0.357. The van der Waals surface area contributed by atoms with Gasteiger partial charge in [-0.3, -0.25) is 4.90 Å². The van der Waals surface area contributed by atoms with Crippen LogP contribution in [0.25, 0.3) is 0 Å². The SMILES string of the molecule is C[C@@H]1CCCN1[C@@H](C)COc1ccc([C@@H]2Oc3ccc(O)c(F)c3S[C@@H]2c2cccc(O)c2)cc1. The zero-order chi connectivity index (χ0) is 24.5. The number of ether oxygens (including phenoxy) is 2. The Bertz CT molecular complexity index is 1190. The van der Waals surface area contributed by atoms with Crippen LogP contribution in [-0.2, 0) is 0 Å². The number of aromatic hydroxyl groups is 2. The molecule has 2 heterocycles. The first-order chi connectivity index (χ1) is 16.9. The van der Waals surface area contributed by atoms with Gasteiger partial charge in [-0.1, -0.05) is 24.3 Å². The molecule has 0 radical (unpaired) electrons. The van der Waals surface area contributed by atoms with E-state index in [-0.39, 0.29) is 15.9 Å². The number of fused-ring (bicyclic) bond motifs is 1. The summed E-state index contributed by atoms with van der Waals surface area (Å²) >= 11 is 1.29. The molecule has 0 bridgehead atoms. The lowest BCUT2D eigenvalue weighted by molar-refractivity contribution is 0.141. The first-order valence-corrected chi connectivity index (χ1v) is 12.9. The second-order valence-electron chi connectivity index (χ2n) is 9.36. The summed E-state index contributed by atoms with van der Waals surface area (Å²) in [5.41, 5.74) is 1.72. The van der Waals surface area contributed by atoms with Gasteiger partial charge in [0, 0.05) is 12.1 Å². The van der Waals surface area contributed by atoms with Crippen LogP contribution in [0.15, 0.2) is 65.6 Å². The van der Waals surface area contributed by atoms with Gasteiger partial charge in [-0.05, 0) is 80.8 Å². The topological polar surface area (TPSA) is 62.2 Å². The van der Waals surface area contributed by atoms with E-state index in [1.165, 1.54) is 30.7 Å². The van der Waals surface area contributed by atoms with Crippen molar-refractivity contribution in [2.75, 3.05) is 13.2 Å². The van der Waals surface area contributed by atoms with Crippen LogP contribution in [0, 0.1) is 5.82 Å². The molecule has 2 aliphatic rings. The maximum atomic E-state index is 14.7. The molecule has 7 heteroatoms. The van der Waals surface area contributed by atoms with Gasteiger partial charge in [0.1, 0.15) is 30.0 Å². The second-order valence-corrected chi connectivity index (χ2v) is 10.5. The molecular weight excluding hydrogens is 465 g/mol.